The summed E-state index contributed by atoms with van der Waals surface area (Å²) in [6.45, 7) is 0. The summed E-state index contributed by atoms with van der Waals surface area (Å²) in [5.41, 5.74) is 0.751. The largest absolute Gasteiger partial charge is 0.322 e. The molecule has 0 spiro atoms. The molecule has 0 saturated carbocycles. The molecule has 3 aromatic rings. The number of carbonyl (C=O) groups is 1. The molecule has 0 saturated heterocycles. The zero-order valence-electron chi connectivity index (χ0n) is 14.1. The standard InChI is InChI=1S/C19H13BrCl2N2O3S/c20-12-1-6-15(7-2-12)23-19(25)17-11-14(22)5-10-18(17)24-28(26,27)16-8-3-13(21)4-9-16/h1-11,24H,(H,23,25). The van der Waals surface area contributed by atoms with E-state index in [4.69, 9.17) is 23.2 Å². The van der Waals surface area contributed by atoms with E-state index < -0.39 is 15.9 Å². The first kappa shape index (κ1) is 20.7. The lowest BCUT2D eigenvalue weighted by atomic mass is 10.1. The topological polar surface area (TPSA) is 75.3 Å². The van der Waals surface area contributed by atoms with Gasteiger partial charge in [0.1, 0.15) is 0 Å². The highest BCUT2D eigenvalue weighted by Gasteiger charge is 2.19. The highest BCUT2D eigenvalue weighted by Crippen LogP contribution is 2.25. The number of hydrogen-bond donors (Lipinski definition) is 2. The smallest absolute Gasteiger partial charge is 0.261 e. The van der Waals surface area contributed by atoms with Crippen LogP contribution in [0.25, 0.3) is 0 Å². The first-order valence-electron chi connectivity index (χ1n) is 7.89. The molecule has 9 heteroatoms. The maximum absolute atomic E-state index is 12.7. The molecule has 5 nitrogen and oxygen atoms in total. The van der Waals surface area contributed by atoms with Gasteiger partial charge in [-0.15, -0.1) is 0 Å². The van der Waals surface area contributed by atoms with Gasteiger partial charge in [0.15, 0.2) is 0 Å². The Morgan fingerprint density at radius 2 is 1.46 bits per heavy atom. The Kier molecular flexibility index (Phi) is 6.30. The van der Waals surface area contributed by atoms with E-state index in [2.05, 4.69) is 26.0 Å². The monoisotopic (exact) mass is 498 g/mol. The Morgan fingerprint density at radius 1 is 0.857 bits per heavy atom. The van der Waals surface area contributed by atoms with Gasteiger partial charge in [-0.1, -0.05) is 39.1 Å². The number of hydrogen-bond acceptors (Lipinski definition) is 3. The van der Waals surface area contributed by atoms with Crippen molar-refractivity contribution in [2.24, 2.45) is 0 Å². The molecule has 144 valence electrons. The summed E-state index contributed by atoms with van der Waals surface area (Å²) < 4.78 is 28.6. The fraction of sp³-hybridized carbons (Fsp3) is 0. The third-order valence-corrected chi connectivity index (χ3v) is 6.09. The lowest BCUT2D eigenvalue weighted by Crippen LogP contribution is -2.18. The van der Waals surface area contributed by atoms with Crippen molar-refractivity contribution in [1.82, 2.24) is 0 Å². The van der Waals surface area contributed by atoms with Crippen LogP contribution < -0.4 is 10.0 Å². The van der Waals surface area contributed by atoms with E-state index >= 15 is 0 Å². The maximum atomic E-state index is 12.7. The Balaban J connectivity index is 1.91. The third kappa shape index (κ3) is 5.05. The van der Waals surface area contributed by atoms with Crippen molar-refractivity contribution in [3.05, 3.63) is 86.8 Å². The van der Waals surface area contributed by atoms with Gasteiger partial charge in [-0.05, 0) is 66.7 Å². The predicted octanol–water partition coefficient (Wildman–Crippen LogP) is 5.81. The number of rotatable bonds is 5. The second kappa shape index (κ2) is 8.53. The third-order valence-electron chi connectivity index (χ3n) is 3.70. The zero-order chi connectivity index (χ0) is 20.3. The molecule has 0 aliphatic carbocycles. The van der Waals surface area contributed by atoms with Gasteiger partial charge < -0.3 is 5.32 Å². The normalized spacial score (nSPS) is 11.1. The van der Waals surface area contributed by atoms with Gasteiger partial charge in [0, 0.05) is 20.2 Å². The van der Waals surface area contributed by atoms with Gasteiger partial charge in [0.2, 0.25) is 0 Å². The Hall–Kier alpha value is -2.06. The van der Waals surface area contributed by atoms with Crippen LogP contribution in [0.5, 0.6) is 0 Å². The summed E-state index contributed by atoms with van der Waals surface area (Å²) in [5.74, 6) is -0.501. The second-order valence-corrected chi connectivity index (χ2v) is 9.18. The molecule has 0 radical (unpaired) electrons. The molecule has 0 heterocycles. The molecule has 3 aromatic carbocycles. The molecule has 0 atom stereocenters. The first-order chi connectivity index (χ1) is 13.2. The van der Waals surface area contributed by atoms with Crippen molar-refractivity contribution in [2.45, 2.75) is 4.90 Å². The minimum atomic E-state index is -3.92. The van der Waals surface area contributed by atoms with Crippen molar-refractivity contribution >= 4 is 66.4 Å². The van der Waals surface area contributed by atoms with Crippen LogP contribution >= 0.6 is 39.1 Å². The Morgan fingerprint density at radius 3 is 2.11 bits per heavy atom. The van der Waals surface area contributed by atoms with Crippen molar-refractivity contribution < 1.29 is 13.2 Å². The van der Waals surface area contributed by atoms with E-state index in [0.29, 0.717) is 15.7 Å². The molecule has 0 aliphatic heterocycles. The summed E-state index contributed by atoms with van der Waals surface area (Å²) in [4.78, 5) is 12.7. The molecule has 0 bridgehead atoms. The van der Waals surface area contributed by atoms with Crippen LogP contribution in [0.1, 0.15) is 10.4 Å². The van der Waals surface area contributed by atoms with Gasteiger partial charge in [-0.25, -0.2) is 8.42 Å². The molecule has 0 fully saturated rings. The number of sulfonamides is 1. The van der Waals surface area contributed by atoms with Crippen LogP contribution in [0, 0.1) is 0 Å². The van der Waals surface area contributed by atoms with Crippen LogP contribution in [-0.2, 0) is 10.0 Å². The van der Waals surface area contributed by atoms with Gasteiger partial charge in [0.25, 0.3) is 15.9 Å². The van der Waals surface area contributed by atoms with E-state index in [1.165, 1.54) is 42.5 Å². The number of halogens is 3. The summed E-state index contributed by atoms with van der Waals surface area (Å²) in [6.07, 6.45) is 0. The lowest BCUT2D eigenvalue weighted by Gasteiger charge is -2.13. The SMILES string of the molecule is O=C(Nc1ccc(Br)cc1)c1cc(Cl)ccc1NS(=O)(=O)c1ccc(Cl)cc1. The number of amides is 1. The molecular formula is C19H13BrCl2N2O3S. The summed E-state index contributed by atoms with van der Waals surface area (Å²) in [7, 11) is -3.92. The number of nitrogens with one attached hydrogen (secondary N) is 2. The molecule has 0 aliphatic rings. The Bertz CT molecular complexity index is 1120. The van der Waals surface area contributed by atoms with E-state index in [9.17, 15) is 13.2 Å². The van der Waals surface area contributed by atoms with Crippen LogP contribution in [0.15, 0.2) is 76.1 Å². The van der Waals surface area contributed by atoms with Crippen molar-refractivity contribution in [2.75, 3.05) is 10.0 Å². The van der Waals surface area contributed by atoms with E-state index in [1.807, 2.05) is 0 Å². The minimum absolute atomic E-state index is 0.0196. The van der Waals surface area contributed by atoms with E-state index in [1.54, 1.807) is 24.3 Å². The first-order valence-corrected chi connectivity index (χ1v) is 10.9. The van der Waals surface area contributed by atoms with Crippen molar-refractivity contribution in [1.29, 1.82) is 0 Å². The minimum Gasteiger partial charge on any atom is -0.322 e. The fourth-order valence-electron chi connectivity index (χ4n) is 2.34. The van der Waals surface area contributed by atoms with Crippen LogP contribution in [0.3, 0.4) is 0 Å². The van der Waals surface area contributed by atoms with Crippen LogP contribution in [0.2, 0.25) is 10.0 Å². The molecular weight excluding hydrogens is 487 g/mol. The highest BCUT2D eigenvalue weighted by molar-refractivity contribution is 9.10. The molecule has 0 unspecified atom stereocenters. The summed E-state index contributed by atoms with van der Waals surface area (Å²) >= 11 is 15.1. The summed E-state index contributed by atoms with van der Waals surface area (Å²) in [6, 6.07) is 17.0. The van der Waals surface area contributed by atoms with E-state index in [0.717, 1.165) is 4.47 Å². The van der Waals surface area contributed by atoms with Crippen molar-refractivity contribution in [3.8, 4) is 0 Å². The molecule has 2 N–H and O–H groups in total. The van der Waals surface area contributed by atoms with Gasteiger partial charge in [-0.2, -0.15) is 0 Å². The molecule has 28 heavy (non-hydrogen) atoms. The fourth-order valence-corrected chi connectivity index (χ4v) is 3.98. The van der Waals surface area contributed by atoms with E-state index in [-0.39, 0.29) is 16.1 Å². The van der Waals surface area contributed by atoms with Crippen molar-refractivity contribution in [3.63, 3.8) is 0 Å². The average molecular weight is 500 g/mol. The molecule has 3 rings (SSSR count). The lowest BCUT2D eigenvalue weighted by molar-refractivity contribution is 0.102. The molecule has 0 aromatic heterocycles. The zero-order valence-corrected chi connectivity index (χ0v) is 18.0. The average Bonchev–Trinajstić information content (AvgIpc) is 2.65. The summed E-state index contributed by atoms with van der Waals surface area (Å²) in [5, 5.41) is 3.43. The highest BCUT2D eigenvalue weighted by atomic mass is 79.9. The van der Waals surface area contributed by atoms with Gasteiger partial charge in [-0.3, -0.25) is 9.52 Å². The van der Waals surface area contributed by atoms with Crippen LogP contribution in [0.4, 0.5) is 11.4 Å². The number of carbonyl (C=O) groups excluding carboxylic acids is 1. The van der Waals surface area contributed by atoms with Crippen LogP contribution in [-0.4, -0.2) is 14.3 Å². The number of benzene rings is 3. The molecule has 1 amide bonds. The van der Waals surface area contributed by atoms with Gasteiger partial charge >= 0.3 is 0 Å². The Labute approximate surface area is 180 Å². The quantitative estimate of drug-likeness (QED) is 0.465. The second-order valence-electron chi connectivity index (χ2n) is 5.71. The maximum Gasteiger partial charge on any atom is 0.261 e. The predicted molar refractivity (Wildman–Crippen MR) is 116 cm³/mol. The van der Waals surface area contributed by atoms with Gasteiger partial charge in [0.05, 0.1) is 16.1 Å². The number of anilines is 2.